The lowest BCUT2D eigenvalue weighted by Gasteiger charge is -2.19. The van der Waals surface area contributed by atoms with Gasteiger partial charge in [0.05, 0.1) is 27.8 Å². The molecule has 0 fully saturated rings. The highest BCUT2D eigenvalue weighted by Crippen LogP contribution is 2.50. The van der Waals surface area contributed by atoms with Crippen molar-refractivity contribution in [1.29, 1.82) is 0 Å². The van der Waals surface area contributed by atoms with Crippen LogP contribution >= 0.6 is 11.8 Å². The summed E-state index contributed by atoms with van der Waals surface area (Å²) in [4.78, 5) is 6.38. The molecular weight excluding hydrogens is 749 g/mol. The zero-order valence-electron chi connectivity index (χ0n) is 34.3. The second-order valence-electron chi connectivity index (χ2n) is 14.7. The number of para-hydroxylation sites is 3. The van der Waals surface area contributed by atoms with Crippen molar-refractivity contribution < 1.29 is 0 Å². The van der Waals surface area contributed by atoms with Crippen molar-refractivity contribution in [1.82, 2.24) is 9.13 Å². The summed E-state index contributed by atoms with van der Waals surface area (Å²) in [5, 5.41) is 5.09. The number of fused-ring (bicyclic) bond motifs is 7. The van der Waals surface area contributed by atoms with Gasteiger partial charge in [-0.15, -0.1) is 11.8 Å². The highest BCUT2D eigenvalue weighted by atomic mass is 32.2. The average molecular weight is 797 g/mol. The third-order valence-electron chi connectivity index (χ3n) is 11.3. The second kappa shape index (κ2) is 17.2. The van der Waals surface area contributed by atoms with Gasteiger partial charge in [0.25, 0.3) is 0 Å². The van der Waals surface area contributed by atoms with E-state index in [-0.39, 0.29) is 0 Å². The number of hydrogen-bond donors (Lipinski definition) is 1. The van der Waals surface area contributed by atoms with E-state index in [4.69, 9.17) is 10.7 Å². The van der Waals surface area contributed by atoms with E-state index >= 15 is 0 Å². The Morgan fingerprint density at radius 1 is 0.633 bits per heavy atom. The molecule has 5 heteroatoms. The second-order valence-corrected chi connectivity index (χ2v) is 15.6. The van der Waals surface area contributed by atoms with Gasteiger partial charge in [-0.3, -0.25) is 0 Å². The number of rotatable bonds is 9. The summed E-state index contributed by atoms with van der Waals surface area (Å²) < 4.78 is 4.98. The van der Waals surface area contributed by atoms with E-state index in [2.05, 4.69) is 167 Å². The van der Waals surface area contributed by atoms with Gasteiger partial charge in [-0.2, -0.15) is 0 Å². The summed E-state index contributed by atoms with van der Waals surface area (Å²) in [6.07, 6.45) is 14.1. The van der Waals surface area contributed by atoms with Crippen molar-refractivity contribution in [2.45, 2.75) is 38.0 Å². The van der Waals surface area contributed by atoms with Gasteiger partial charge in [-0.1, -0.05) is 166 Å². The maximum atomic E-state index is 6.67. The fraction of sp³-hybridized carbons (Fsp3) is 0.109. The molecule has 0 saturated carbocycles. The first-order valence-corrected chi connectivity index (χ1v) is 22.1. The highest BCUT2D eigenvalue weighted by Gasteiger charge is 2.28. The number of nitrogens with zero attached hydrogens (tertiary/aromatic N) is 3. The number of nitrogens with two attached hydrogens (primary N) is 1. The first-order chi connectivity index (χ1) is 29.7. The maximum Gasteiger partial charge on any atom is 0.131 e. The van der Waals surface area contributed by atoms with Crippen LogP contribution < -0.4 is 5.73 Å². The Labute approximate surface area is 356 Å². The van der Waals surface area contributed by atoms with Gasteiger partial charge in [0.1, 0.15) is 5.84 Å². The first kappa shape index (κ1) is 38.7. The quantitative estimate of drug-likeness (QED) is 0.0898. The molecule has 0 spiro atoms. The number of hydrogen-bond acceptors (Lipinski definition) is 2. The van der Waals surface area contributed by atoms with Crippen molar-refractivity contribution in [2.75, 3.05) is 6.26 Å². The van der Waals surface area contributed by atoms with Crippen LogP contribution in [-0.2, 0) is 6.42 Å². The van der Waals surface area contributed by atoms with Crippen molar-refractivity contribution in [2.24, 2.45) is 10.7 Å². The monoisotopic (exact) mass is 796 g/mol. The molecule has 294 valence electrons. The molecule has 0 saturated heterocycles. The zero-order chi connectivity index (χ0) is 41.0. The van der Waals surface area contributed by atoms with Crippen LogP contribution in [0.2, 0.25) is 0 Å². The van der Waals surface area contributed by atoms with E-state index < -0.39 is 0 Å². The van der Waals surface area contributed by atoms with Gasteiger partial charge in [0.15, 0.2) is 0 Å². The van der Waals surface area contributed by atoms with E-state index in [0.29, 0.717) is 5.84 Å². The molecule has 0 unspecified atom stereocenters. The van der Waals surface area contributed by atoms with E-state index in [9.17, 15) is 0 Å². The van der Waals surface area contributed by atoms with Crippen molar-refractivity contribution in [3.05, 3.63) is 210 Å². The SMILES string of the molecule is CC.CSc1c(C2=CC=CCC2)c2c3ccccc3n(-c3ccc(/C(=C/Cc4ccccc4)N=C(N)c4ccccc4)cc3)c2c2c1c1ccccc1n2-c1ccccc1. The third-order valence-corrected chi connectivity index (χ3v) is 12.2. The summed E-state index contributed by atoms with van der Waals surface area (Å²) in [5.74, 6) is 0.492. The molecule has 7 aromatic carbocycles. The standard InChI is InChI=1S/C53H42N4S.C2H6/c1-58-52-47(38-20-8-3-9-21-38)48-42-26-14-16-28-45(42)57(50(48)51-49(52)43-27-15-17-29-46(43)56(51)40-24-12-5-13-25-40)41-33-31-37(32-34-41)44(35-30-36-18-6-2-7-19-36)55-53(54)39-22-10-4-11-23-39;1-2/h2-8,10-20,22-29,31-35H,9,21,30H2,1H3,(H2,54,55);1-2H3/b44-35-;. The molecule has 9 aromatic rings. The van der Waals surface area contributed by atoms with Crippen molar-refractivity contribution in [3.8, 4) is 11.4 Å². The van der Waals surface area contributed by atoms with Gasteiger partial charge in [0, 0.05) is 54.5 Å². The fourth-order valence-electron chi connectivity index (χ4n) is 8.73. The molecule has 1 aliphatic carbocycles. The van der Waals surface area contributed by atoms with E-state index in [1.54, 1.807) is 0 Å². The summed E-state index contributed by atoms with van der Waals surface area (Å²) in [5.41, 5.74) is 20.4. The summed E-state index contributed by atoms with van der Waals surface area (Å²) >= 11 is 1.87. The first-order valence-electron chi connectivity index (χ1n) is 20.9. The van der Waals surface area contributed by atoms with Crippen molar-refractivity contribution >= 4 is 72.5 Å². The molecule has 2 heterocycles. The number of aliphatic imine (C=N–C) groups is 1. The normalized spacial score (nSPS) is 13.2. The maximum absolute atomic E-state index is 6.67. The number of thioether (sulfide) groups is 1. The summed E-state index contributed by atoms with van der Waals surface area (Å²) in [6.45, 7) is 4.00. The van der Waals surface area contributed by atoms with Gasteiger partial charge in [-0.05, 0) is 73.1 Å². The van der Waals surface area contributed by atoms with Gasteiger partial charge in [0.2, 0.25) is 0 Å². The lowest BCUT2D eigenvalue weighted by atomic mass is 9.91. The lowest BCUT2D eigenvalue weighted by molar-refractivity contribution is 1.05. The predicted molar refractivity (Wildman–Crippen MR) is 260 cm³/mol. The zero-order valence-corrected chi connectivity index (χ0v) is 35.2. The minimum Gasteiger partial charge on any atom is -0.383 e. The Kier molecular flexibility index (Phi) is 11.1. The predicted octanol–water partition coefficient (Wildman–Crippen LogP) is 14.4. The van der Waals surface area contributed by atoms with E-state index in [1.165, 1.54) is 65.2 Å². The Morgan fingerprint density at radius 2 is 1.18 bits per heavy atom. The molecule has 60 heavy (non-hydrogen) atoms. The minimum absolute atomic E-state index is 0.492. The summed E-state index contributed by atoms with van der Waals surface area (Å²) in [6, 6.07) is 58.1. The molecule has 0 atom stereocenters. The number of benzene rings is 7. The molecule has 10 rings (SSSR count). The largest absolute Gasteiger partial charge is 0.383 e. The molecule has 4 nitrogen and oxygen atoms in total. The van der Waals surface area contributed by atoms with Gasteiger partial charge >= 0.3 is 0 Å². The topological polar surface area (TPSA) is 48.2 Å². The Hall–Kier alpha value is -6.82. The Bertz CT molecular complexity index is 3090. The smallest absolute Gasteiger partial charge is 0.131 e. The summed E-state index contributed by atoms with van der Waals surface area (Å²) in [7, 11) is 0. The van der Waals surface area contributed by atoms with Crippen LogP contribution in [0.4, 0.5) is 0 Å². The molecule has 0 radical (unpaired) electrons. The Balaban J connectivity index is 0.00000228. The van der Waals surface area contributed by atoms with Crippen LogP contribution in [0.25, 0.3) is 66.3 Å². The van der Waals surface area contributed by atoms with Crippen LogP contribution in [0.5, 0.6) is 0 Å². The minimum atomic E-state index is 0.492. The molecule has 2 aromatic heterocycles. The van der Waals surface area contributed by atoms with Crippen LogP contribution in [0.1, 0.15) is 48.9 Å². The number of amidine groups is 1. The van der Waals surface area contributed by atoms with Gasteiger partial charge < -0.3 is 14.9 Å². The molecular formula is C55H48N4S. The average Bonchev–Trinajstić information content (AvgIpc) is 3.85. The van der Waals surface area contributed by atoms with E-state index in [1.807, 2.05) is 62.0 Å². The molecule has 1 aliphatic rings. The number of aromatic nitrogens is 2. The van der Waals surface area contributed by atoms with Crippen molar-refractivity contribution in [3.63, 3.8) is 0 Å². The van der Waals surface area contributed by atoms with Crippen LogP contribution in [0, 0.1) is 0 Å². The molecule has 0 bridgehead atoms. The fourth-order valence-corrected chi connectivity index (χ4v) is 9.57. The van der Waals surface area contributed by atoms with Gasteiger partial charge in [-0.25, -0.2) is 4.99 Å². The highest BCUT2D eigenvalue weighted by molar-refractivity contribution is 7.99. The third kappa shape index (κ3) is 6.95. The lowest BCUT2D eigenvalue weighted by Crippen LogP contribution is -2.13. The number of allylic oxidation sites excluding steroid dienone is 5. The van der Waals surface area contributed by atoms with E-state index in [0.717, 1.165) is 47.5 Å². The van der Waals surface area contributed by atoms with Crippen LogP contribution in [0.3, 0.4) is 0 Å². The Morgan fingerprint density at radius 3 is 1.80 bits per heavy atom. The molecule has 2 N–H and O–H groups in total. The molecule has 0 amide bonds. The van der Waals surface area contributed by atoms with Crippen LogP contribution in [-0.4, -0.2) is 21.2 Å². The molecule has 0 aliphatic heterocycles. The van der Waals surface area contributed by atoms with Crippen LogP contribution in [0.15, 0.2) is 198 Å².